The Bertz CT molecular complexity index is 579. The number of aliphatic hydroxyl groups is 1. The summed E-state index contributed by atoms with van der Waals surface area (Å²) in [6.07, 6.45) is 0. The van der Waals surface area contributed by atoms with Gasteiger partial charge in [-0.25, -0.2) is 9.78 Å². The summed E-state index contributed by atoms with van der Waals surface area (Å²) < 4.78 is 0. The number of urea groups is 1. The Hall–Kier alpha value is -1.92. The maximum Gasteiger partial charge on any atom is 0.318 e. The van der Waals surface area contributed by atoms with Gasteiger partial charge in [-0.1, -0.05) is 30.3 Å². The van der Waals surface area contributed by atoms with Crippen molar-refractivity contribution in [3.8, 4) is 0 Å². The molecule has 1 aromatic heterocycles. The molecule has 0 radical (unpaired) electrons. The van der Waals surface area contributed by atoms with Gasteiger partial charge in [0, 0.05) is 11.9 Å². The van der Waals surface area contributed by atoms with Crippen molar-refractivity contribution in [2.24, 2.45) is 0 Å². The zero-order chi connectivity index (χ0) is 16.0. The topological polar surface area (TPSA) is 65.5 Å². The molecule has 0 unspecified atom stereocenters. The quantitative estimate of drug-likeness (QED) is 0.860. The van der Waals surface area contributed by atoms with Gasteiger partial charge in [-0.15, -0.1) is 11.3 Å². The van der Waals surface area contributed by atoms with Crippen LogP contribution in [0.4, 0.5) is 4.79 Å². The molecule has 2 aromatic rings. The minimum Gasteiger partial charge on any atom is -0.389 e. The summed E-state index contributed by atoms with van der Waals surface area (Å²) in [6, 6.07) is 9.52. The molecule has 0 bridgehead atoms. The molecule has 0 aliphatic carbocycles. The van der Waals surface area contributed by atoms with E-state index >= 15 is 0 Å². The summed E-state index contributed by atoms with van der Waals surface area (Å²) in [6.45, 7) is 4.48. The number of carbonyl (C=O) groups is 1. The zero-order valence-electron chi connectivity index (χ0n) is 12.8. The molecule has 0 aliphatic rings. The molecular formula is C16H21N3O2S. The molecule has 0 fully saturated rings. The normalized spacial score (nSPS) is 11.2. The lowest BCUT2D eigenvalue weighted by Gasteiger charge is -2.29. The molecule has 0 aliphatic heterocycles. The van der Waals surface area contributed by atoms with Crippen LogP contribution in [-0.4, -0.2) is 33.2 Å². The van der Waals surface area contributed by atoms with E-state index < -0.39 is 5.60 Å². The number of hydrogen-bond donors (Lipinski definition) is 2. The third-order valence-corrected chi connectivity index (χ3v) is 3.62. The van der Waals surface area contributed by atoms with Crippen LogP contribution >= 0.6 is 11.3 Å². The molecule has 2 amide bonds. The highest BCUT2D eigenvalue weighted by Crippen LogP contribution is 2.11. The Labute approximate surface area is 134 Å². The van der Waals surface area contributed by atoms with Gasteiger partial charge >= 0.3 is 6.03 Å². The fourth-order valence-electron chi connectivity index (χ4n) is 2.07. The van der Waals surface area contributed by atoms with Crippen LogP contribution in [-0.2, 0) is 13.1 Å². The fraction of sp³-hybridized carbons (Fsp3) is 0.375. The smallest absolute Gasteiger partial charge is 0.318 e. The van der Waals surface area contributed by atoms with Crippen molar-refractivity contribution < 1.29 is 9.90 Å². The van der Waals surface area contributed by atoms with Crippen LogP contribution in [0.5, 0.6) is 0 Å². The van der Waals surface area contributed by atoms with Gasteiger partial charge in [0.25, 0.3) is 0 Å². The highest BCUT2D eigenvalue weighted by Gasteiger charge is 2.22. The number of aromatic nitrogens is 1. The third kappa shape index (κ3) is 5.46. The van der Waals surface area contributed by atoms with E-state index in [0.29, 0.717) is 13.1 Å². The standard InChI is InChI=1S/C16H21N3O2S/c1-16(2,21)11-19(9-13-6-4-3-5-7-13)15(20)17-8-14-10-22-12-18-14/h3-7,10,12,21H,8-9,11H2,1-2H3,(H,17,20). The van der Waals surface area contributed by atoms with Crippen molar-refractivity contribution in [2.75, 3.05) is 6.54 Å². The Morgan fingerprint density at radius 2 is 2.09 bits per heavy atom. The second-order valence-corrected chi connectivity index (χ2v) is 6.51. The van der Waals surface area contributed by atoms with Crippen molar-refractivity contribution >= 4 is 17.4 Å². The lowest BCUT2D eigenvalue weighted by atomic mass is 10.1. The summed E-state index contributed by atoms with van der Waals surface area (Å²) in [5.41, 5.74) is 2.64. The Kier molecular flexibility index (Phi) is 5.51. The zero-order valence-corrected chi connectivity index (χ0v) is 13.6. The molecule has 0 spiro atoms. The van der Waals surface area contributed by atoms with Crippen molar-refractivity contribution in [3.63, 3.8) is 0 Å². The van der Waals surface area contributed by atoms with E-state index in [1.54, 1.807) is 24.3 Å². The van der Waals surface area contributed by atoms with Crippen molar-refractivity contribution in [1.29, 1.82) is 0 Å². The lowest BCUT2D eigenvalue weighted by Crippen LogP contribution is -2.46. The van der Waals surface area contributed by atoms with E-state index in [-0.39, 0.29) is 12.6 Å². The number of benzene rings is 1. The average molecular weight is 319 g/mol. The molecule has 2 N–H and O–H groups in total. The predicted molar refractivity (Wildman–Crippen MR) is 87.5 cm³/mol. The fourth-order valence-corrected chi connectivity index (χ4v) is 2.63. The molecular weight excluding hydrogens is 298 g/mol. The SMILES string of the molecule is CC(C)(O)CN(Cc1ccccc1)C(=O)NCc1cscn1. The van der Waals surface area contributed by atoms with Crippen LogP contribution < -0.4 is 5.32 Å². The van der Waals surface area contributed by atoms with Gasteiger partial charge in [0.15, 0.2) is 0 Å². The Balaban J connectivity index is 2.01. The molecule has 22 heavy (non-hydrogen) atoms. The van der Waals surface area contributed by atoms with Crippen molar-refractivity contribution in [3.05, 3.63) is 52.5 Å². The van der Waals surface area contributed by atoms with Crippen LogP contribution in [0.1, 0.15) is 25.1 Å². The second kappa shape index (κ2) is 7.38. The van der Waals surface area contributed by atoms with Crippen LogP contribution in [0.2, 0.25) is 0 Å². The summed E-state index contributed by atoms with van der Waals surface area (Å²) in [4.78, 5) is 18.2. The van der Waals surface area contributed by atoms with Crippen LogP contribution in [0.3, 0.4) is 0 Å². The van der Waals surface area contributed by atoms with Gasteiger partial charge < -0.3 is 15.3 Å². The van der Waals surface area contributed by atoms with Gasteiger partial charge in [0.2, 0.25) is 0 Å². The number of nitrogens with zero attached hydrogens (tertiary/aromatic N) is 2. The molecule has 6 heteroatoms. The number of thiazole rings is 1. The molecule has 0 saturated heterocycles. The predicted octanol–water partition coefficient (Wildman–Crippen LogP) is 2.63. The van der Waals surface area contributed by atoms with E-state index in [0.717, 1.165) is 11.3 Å². The van der Waals surface area contributed by atoms with Gasteiger partial charge in [-0.05, 0) is 19.4 Å². The highest BCUT2D eigenvalue weighted by atomic mass is 32.1. The lowest BCUT2D eigenvalue weighted by molar-refractivity contribution is 0.0446. The molecule has 118 valence electrons. The molecule has 0 atom stereocenters. The number of carbonyl (C=O) groups excluding carboxylic acids is 1. The van der Waals surface area contributed by atoms with Crippen molar-refractivity contribution in [2.45, 2.75) is 32.5 Å². The summed E-state index contributed by atoms with van der Waals surface area (Å²) in [5, 5.41) is 14.8. The van der Waals surface area contributed by atoms with Crippen LogP contribution in [0.25, 0.3) is 0 Å². The van der Waals surface area contributed by atoms with Crippen LogP contribution in [0, 0.1) is 0 Å². The number of hydrogen-bond acceptors (Lipinski definition) is 4. The number of nitrogens with one attached hydrogen (secondary N) is 1. The minimum absolute atomic E-state index is 0.209. The van der Waals surface area contributed by atoms with Gasteiger partial charge in [0.05, 0.1) is 29.9 Å². The number of rotatable bonds is 6. The highest BCUT2D eigenvalue weighted by molar-refractivity contribution is 7.07. The van der Waals surface area contributed by atoms with Crippen molar-refractivity contribution in [1.82, 2.24) is 15.2 Å². The molecule has 0 saturated carbocycles. The number of amides is 2. The van der Waals surface area contributed by atoms with Crippen LogP contribution in [0.15, 0.2) is 41.2 Å². The maximum atomic E-state index is 12.4. The summed E-state index contributed by atoms with van der Waals surface area (Å²) >= 11 is 1.50. The monoisotopic (exact) mass is 319 g/mol. The van der Waals surface area contributed by atoms with Gasteiger partial charge in [-0.2, -0.15) is 0 Å². The molecule has 1 heterocycles. The first-order valence-corrected chi connectivity index (χ1v) is 8.04. The Morgan fingerprint density at radius 3 is 2.68 bits per heavy atom. The maximum absolute atomic E-state index is 12.4. The largest absolute Gasteiger partial charge is 0.389 e. The average Bonchev–Trinajstić information content (AvgIpc) is 2.97. The molecule has 2 rings (SSSR count). The first-order chi connectivity index (χ1) is 10.4. The van der Waals surface area contributed by atoms with E-state index in [9.17, 15) is 9.90 Å². The van der Waals surface area contributed by atoms with Gasteiger partial charge in [0.1, 0.15) is 0 Å². The second-order valence-electron chi connectivity index (χ2n) is 5.79. The summed E-state index contributed by atoms with van der Waals surface area (Å²) in [5.74, 6) is 0. The van der Waals surface area contributed by atoms with E-state index in [2.05, 4.69) is 10.3 Å². The van der Waals surface area contributed by atoms with E-state index in [1.165, 1.54) is 11.3 Å². The molecule has 1 aromatic carbocycles. The summed E-state index contributed by atoms with van der Waals surface area (Å²) in [7, 11) is 0. The molecule has 5 nitrogen and oxygen atoms in total. The first-order valence-electron chi connectivity index (χ1n) is 7.10. The van der Waals surface area contributed by atoms with E-state index in [1.807, 2.05) is 35.7 Å². The third-order valence-electron chi connectivity index (χ3n) is 2.99. The minimum atomic E-state index is -0.952. The Morgan fingerprint density at radius 1 is 1.36 bits per heavy atom. The van der Waals surface area contributed by atoms with Gasteiger partial charge in [-0.3, -0.25) is 0 Å². The first kappa shape index (κ1) is 16.5. The van der Waals surface area contributed by atoms with E-state index in [4.69, 9.17) is 0 Å².